The van der Waals surface area contributed by atoms with E-state index in [1.54, 1.807) is 4.90 Å². The Bertz CT molecular complexity index is 1360. The highest BCUT2D eigenvalue weighted by molar-refractivity contribution is 7.89. The SMILES string of the molecule is CCC[C@H]1C(=O)N(S(=O)(=O)c2ccc(C#N)cc2)[C@H]2CCN(C(=O)CCCCCN3CCCCC3)[C@H]12.O=C(O)C(O)C(O)C(=O)O. The number of fused-ring (bicyclic) bond motifs is 1. The fraction of sp³-hybridized carbons (Fsp3) is 0.645. The number of aliphatic hydroxyl groups is 2. The molecule has 3 aliphatic rings. The normalized spacial score (nSPS) is 22.7. The number of rotatable bonds is 13. The summed E-state index contributed by atoms with van der Waals surface area (Å²) in [5.41, 5.74) is 0.358. The lowest BCUT2D eigenvalue weighted by molar-refractivity contribution is -0.165. The number of amides is 2. The predicted molar refractivity (Wildman–Crippen MR) is 164 cm³/mol. The van der Waals surface area contributed by atoms with Crippen LogP contribution in [0.1, 0.15) is 76.7 Å². The number of hydrogen-bond donors (Lipinski definition) is 4. The number of likely N-dealkylation sites (tertiary alicyclic amines) is 2. The van der Waals surface area contributed by atoms with Crippen LogP contribution in [0.3, 0.4) is 0 Å². The van der Waals surface area contributed by atoms with Crippen LogP contribution in [-0.4, -0.2) is 117 Å². The first-order chi connectivity index (χ1) is 21.8. The quantitative estimate of drug-likeness (QED) is 0.220. The van der Waals surface area contributed by atoms with Gasteiger partial charge in [-0.3, -0.25) is 9.59 Å². The van der Waals surface area contributed by atoms with E-state index in [0.29, 0.717) is 31.4 Å². The maximum absolute atomic E-state index is 13.5. The second-order valence-corrected chi connectivity index (χ2v) is 13.7. The summed E-state index contributed by atoms with van der Waals surface area (Å²) in [5.74, 6) is -4.41. The molecule has 0 radical (unpaired) electrons. The maximum Gasteiger partial charge on any atom is 0.335 e. The first kappa shape index (κ1) is 36.9. The summed E-state index contributed by atoms with van der Waals surface area (Å²) in [6, 6.07) is 6.71. The van der Waals surface area contributed by atoms with Crippen molar-refractivity contribution in [3.8, 4) is 6.07 Å². The van der Waals surface area contributed by atoms with Gasteiger partial charge in [0.2, 0.25) is 11.8 Å². The Hall–Kier alpha value is -3.58. The summed E-state index contributed by atoms with van der Waals surface area (Å²) < 4.78 is 28.1. The van der Waals surface area contributed by atoms with E-state index < -0.39 is 58.1 Å². The van der Waals surface area contributed by atoms with Crippen LogP contribution in [0.25, 0.3) is 0 Å². The van der Waals surface area contributed by atoms with Gasteiger partial charge in [-0.05, 0) is 82.4 Å². The minimum Gasteiger partial charge on any atom is -0.479 e. The van der Waals surface area contributed by atoms with Crippen LogP contribution in [-0.2, 0) is 29.2 Å². The molecular weight excluding hydrogens is 620 g/mol. The van der Waals surface area contributed by atoms with E-state index in [0.717, 1.165) is 36.5 Å². The molecule has 0 spiro atoms. The number of sulfonamides is 1. The molecule has 3 fully saturated rings. The zero-order valence-corrected chi connectivity index (χ0v) is 26.8. The number of aliphatic hydroxyl groups excluding tert-OH is 2. The van der Waals surface area contributed by atoms with Crippen molar-refractivity contribution in [1.29, 1.82) is 5.26 Å². The second kappa shape index (κ2) is 16.8. The van der Waals surface area contributed by atoms with Gasteiger partial charge in [0, 0.05) is 13.0 Å². The van der Waals surface area contributed by atoms with Crippen molar-refractivity contribution in [3.05, 3.63) is 29.8 Å². The van der Waals surface area contributed by atoms with Crippen molar-refractivity contribution >= 4 is 33.8 Å². The largest absolute Gasteiger partial charge is 0.479 e. The van der Waals surface area contributed by atoms with Gasteiger partial charge in [-0.1, -0.05) is 26.2 Å². The molecule has 4 N–H and O–H groups in total. The molecule has 2 unspecified atom stereocenters. The number of aliphatic carboxylic acids is 2. The maximum atomic E-state index is 13.5. The van der Waals surface area contributed by atoms with Crippen LogP contribution in [0, 0.1) is 17.2 Å². The van der Waals surface area contributed by atoms with E-state index in [-0.39, 0.29) is 10.8 Å². The minimum atomic E-state index is -4.07. The van der Waals surface area contributed by atoms with Crippen molar-refractivity contribution in [1.82, 2.24) is 14.1 Å². The molecule has 15 heteroatoms. The Kier molecular flexibility index (Phi) is 13.5. The first-order valence-electron chi connectivity index (χ1n) is 15.8. The van der Waals surface area contributed by atoms with Gasteiger partial charge in [-0.2, -0.15) is 5.26 Å². The van der Waals surface area contributed by atoms with E-state index in [9.17, 15) is 27.6 Å². The van der Waals surface area contributed by atoms with Gasteiger partial charge < -0.3 is 30.2 Å². The van der Waals surface area contributed by atoms with E-state index in [1.165, 1.54) is 56.6 Å². The number of benzene rings is 1. The van der Waals surface area contributed by atoms with Gasteiger partial charge in [0.25, 0.3) is 10.0 Å². The van der Waals surface area contributed by atoms with E-state index in [1.807, 2.05) is 13.0 Å². The van der Waals surface area contributed by atoms with E-state index in [2.05, 4.69) is 4.90 Å². The fourth-order valence-corrected chi connectivity index (χ4v) is 8.07. The topological polar surface area (TPSA) is 217 Å². The number of carbonyl (C=O) groups is 4. The molecule has 4 rings (SSSR count). The van der Waals surface area contributed by atoms with Gasteiger partial charge in [0.1, 0.15) is 0 Å². The highest BCUT2D eigenvalue weighted by Gasteiger charge is 2.58. The zero-order chi connectivity index (χ0) is 34.0. The number of carbonyl (C=O) groups excluding carboxylic acids is 2. The highest BCUT2D eigenvalue weighted by Crippen LogP contribution is 2.42. The summed E-state index contributed by atoms with van der Waals surface area (Å²) in [6.07, 6.45) is 4.48. The average Bonchev–Trinajstić information content (AvgIpc) is 3.58. The van der Waals surface area contributed by atoms with Crippen LogP contribution < -0.4 is 0 Å². The third-order valence-electron chi connectivity index (χ3n) is 8.75. The van der Waals surface area contributed by atoms with E-state index in [4.69, 9.17) is 25.7 Å². The standard InChI is InChI=1S/C27H38N4O4S.C4H6O6/c1-2-9-23-26-24(31(27(23)33)36(34,35)22-13-11-21(20-28)12-14-22)15-19-30(26)25(32)10-5-3-6-16-29-17-7-4-8-18-29;5-1(3(7)8)2(6)4(9)10/h11-14,23-24,26H,2-10,15-19H2,1H3;1-2,5-6H,(H,7,8)(H,9,10)/t23-,24+,26-;/m1./s1. The molecule has 0 bridgehead atoms. The average molecular weight is 665 g/mol. The van der Waals surface area contributed by atoms with Crippen LogP contribution in [0.2, 0.25) is 0 Å². The van der Waals surface area contributed by atoms with Crippen molar-refractivity contribution in [2.45, 2.75) is 100 Å². The van der Waals surface area contributed by atoms with Crippen molar-refractivity contribution in [2.75, 3.05) is 26.2 Å². The smallest absolute Gasteiger partial charge is 0.335 e. The Morgan fingerprint density at radius 1 is 0.957 bits per heavy atom. The molecule has 0 saturated carbocycles. The van der Waals surface area contributed by atoms with Crippen molar-refractivity contribution in [3.63, 3.8) is 0 Å². The first-order valence-corrected chi connectivity index (χ1v) is 17.2. The van der Waals surface area contributed by atoms with Gasteiger partial charge in [0.05, 0.1) is 34.5 Å². The molecule has 1 aromatic rings. The Morgan fingerprint density at radius 3 is 2.11 bits per heavy atom. The Balaban J connectivity index is 0.000000498. The number of nitriles is 1. The molecule has 46 heavy (non-hydrogen) atoms. The molecule has 3 aliphatic heterocycles. The van der Waals surface area contributed by atoms with Crippen LogP contribution in [0.15, 0.2) is 29.2 Å². The van der Waals surface area contributed by atoms with Crippen LogP contribution in [0.4, 0.5) is 0 Å². The summed E-state index contributed by atoms with van der Waals surface area (Å²) in [6.45, 7) is 5.92. The fourth-order valence-electron chi connectivity index (χ4n) is 6.41. The molecule has 14 nitrogen and oxygen atoms in total. The molecule has 2 amide bonds. The highest BCUT2D eigenvalue weighted by atomic mass is 32.2. The molecule has 5 atom stereocenters. The Labute approximate surface area is 269 Å². The molecular formula is C31H44N4O10S. The van der Waals surface area contributed by atoms with Crippen LogP contribution in [0.5, 0.6) is 0 Å². The van der Waals surface area contributed by atoms with Gasteiger partial charge >= 0.3 is 11.9 Å². The molecule has 254 valence electrons. The van der Waals surface area contributed by atoms with Crippen molar-refractivity contribution < 1.29 is 48.0 Å². The van der Waals surface area contributed by atoms with Gasteiger partial charge in [-0.15, -0.1) is 0 Å². The summed E-state index contributed by atoms with van der Waals surface area (Å²) in [4.78, 5) is 50.5. The number of carboxylic acids is 2. The van der Waals surface area contributed by atoms with Crippen molar-refractivity contribution in [2.24, 2.45) is 5.92 Å². The number of hydrogen-bond acceptors (Lipinski definition) is 10. The lowest BCUT2D eigenvalue weighted by Gasteiger charge is -2.28. The predicted octanol–water partition coefficient (Wildman–Crippen LogP) is 1.40. The summed E-state index contributed by atoms with van der Waals surface area (Å²) >= 11 is 0. The molecule has 3 saturated heterocycles. The van der Waals surface area contributed by atoms with E-state index >= 15 is 0 Å². The third kappa shape index (κ3) is 8.81. The number of nitrogens with zero attached hydrogens (tertiary/aromatic N) is 4. The summed E-state index contributed by atoms with van der Waals surface area (Å²) in [7, 11) is -4.07. The second-order valence-electron chi connectivity index (χ2n) is 11.9. The third-order valence-corrected chi connectivity index (χ3v) is 10.6. The van der Waals surface area contributed by atoms with Crippen LogP contribution >= 0.6 is 0 Å². The van der Waals surface area contributed by atoms with Gasteiger partial charge in [0.15, 0.2) is 12.2 Å². The zero-order valence-electron chi connectivity index (χ0n) is 26.0. The number of piperidine rings is 1. The monoisotopic (exact) mass is 664 g/mol. The van der Waals surface area contributed by atoms with Gasteiger partial charge in [-0.25, -0.2) is 22.3 Å². The Morgan fingerprint density at radius 2 is 1.57 bits per heavy atom. The summed E-state index contributed by atoms with van der Waals surface area (Å²) in [5, 5.41) is 41.6. The lowest BCUT2D eigenvalue weighted by atomic mass is 9.94. The molecule has 1 aromatic carbocycles. The minimum absolute atomic E-state index is 0.00392. The number of unbranched alkanes of at least 4 members (excludes halogenated alkanes) is 2. The molecule has 0 aromatic heterocycles. The number of carboxylic acid groups (broad SMARTS) is 2. The molecule has 0 aliphatic carbocycles. The molecule has 3 heterocycles. The lowest BCUT2D eigenvalue weighted by Crippen LogP contribution is -2.43.